The number of nitrogens with zero attached hydrogens (tertiary/aromatic N) is 1. The Morgan fingerprint density at radius 1 is 1.29 bits per heavy atom. The minimum absolute atomic E-state index is 0.346. The molecule has 1 aliphatic rings. The van der Waals surface area contributed by atoms with Crippen molar-refractivity contribution in [3.05, 3.63) is 35.4 Å². The molecule has 0 spiro atoms. The van der Waals surface area contributed by atoms with Crippen LogP contribution in [0.1, 0.15) is 30.9 Å². The van der Waals surface area contributed by atoms with Crippen LogP contribution in [0.4, 0.5) is 0 Å². The van der Waals surface area contributed by atoms with Crippen molar-refractivity contribution in [2.45, 2.75) is 25.8 Å². The maximum atomic E-state index is 5.89. The molecule has 2 heteroatoms. The van der Waals surface area contributed by atoms with Crippen molar-refractivity contribution in [3.63, 3.8) is 0 Å². The van der Waals surface area contributed by atoms with Gasteiger partial charge in [0.1, 0.15) is 0 Å². The summed E-state index contributed by atoms with van der Waals surface area (Å²) in [6, 6.07) is 8.76. The minimum atomic E-state index is 0.346. The summed E-state index contributed by atoms with van der Waals surface area (Å²) in [4.78, 5) is 4.61. The number of hydrogen-bond acceptors (Lipinski definition) is 1. The fraction of sp³-hybridized carbons (Fsp3) is 0.417. The zero-order valence-corrected chi connectivity index (χ0v) is 9.25. The van der Waals surface area contributed by atoms with E-state index in [-0.39, 0.29) is 0 Å². The zero-order chi connectivity index (χ0) is 10.1. The van der Waals surface area contributed by atoms with Crippen LogP contribution in [0.5, 0.6) is 0 Å². The predicted molar refractivity (Wildman–Crippen MR) is 61.6 cm³/mol. The van der Waals surface area contributed by atoms with Gasteiger partial charge in [0, 0.05) is 11.5 Å². The molecule has 1 aromatic rings. The molecule has 0 saturated heterocycles. The Hall–Kier alpha value is -0.820. The molecule has 0 fully saturated rings. The topological polar surface area (TPSA) is 12.4 Å². The minimum Gasteiger partial charge on any atom is -0.284 e. The summed E-state index contributed by atoms with van der Waals surface area (Å²) in [5.41, 5.74) is 3.65. The second-order valence-corrected chi connectivity index (χ2v) is 4.09. The largest absolute Gasteiger partial charge is 0.284 e. The summed E-state index contributed by atoms with van der Waals surface area (Å²) < 4.78 is 0. The van der Waals surface area contributed by atoms with Crippen molar-refractivity contribution in [2.24, 2.45) is 4.99 Å². The van der Waals surface area contributed by atoms with Gasteiger partial charge in [-0.25, -0.2) is 0 Å². The van der Waals surface area contributed by atoms with Gasteiger partial charge in [-0.1, -0.05) is 31.2 Å². The van der Waals surface area contributed by atoms with Crippen LogP contribution in [0.15, 0.2) is 29.3 Å². The lowest BCUT2D eigenvalue weighted by Crippen LogP contribution is -2.23. The number of aliphatic imine (C=N–C) groups is 1. The molecule has 0 aliphatic carbocycles. The summed E-state index contributed by atoms with van der Waals surface area (Å²) in [7, 11) is 0. The second kappa shape index (κ2) is 3.74. The Morgan fingerprint density at radius 2 is 2.00 bits per heavy atom. The van der Waals surface area contributed by atoms with Gasteiger partial charge in [-0.3, -0.25) is 4.99 Å². The van der Waals surface area contributed by atoms with Gasteiger partial charge in [-0.2, -0.15) is 0 Å². The monoisotopic (exact) mass is 207 g/mol. The molecule has 1 nitrogen and oxygen atoms in total. The number of halogens is 1. The molecule has 1 aromatic carbocycles. The first-order chi connectivity index (χ1) is 6.74. The number of alkyl halides is 1. The quantitative estimate of drug-likeness (QED) is 0.627. The molecule has 0 aromatic heterocycles. The van der Waals surface area contributed by atoms with Crippen LogP contribution in [0.25, 0.3) is 0 Å². The predicted octanol–water partition coefficient (Wildman–Crippen LogP) is 3.22. The van der Waals surface area contributed by atoms with Crippen molar-refractivity contribution in [1.82, 2.24) is 0 Å². The molecule has 74 valence electrons. The Balaban J connectivity index is 2.55. The molecule has 2 rings (SSSR count). The summed E-state index contributed by atoms with van der Waals surface area (Å²) in [5, 5.41) is 0. The number of rotatable bonds is 1. The van der Waals surface area contributed by atoms with Crippen molar-refractivity contribution >= 4 is 17.3 Å². The summed E-state index contributed by atoms with van der Waals surface area (Å²) in [6.07, 6.45) is 0. The van der Waals surface area contributed by atoms with Gasteiger partial charge in [0.05, 0.1) is 17.6 Å². The fourth-order valence-corrected chi connectivity index (χ4v) is 2.16. The Labute approximate surface area is 89.8 Å². The molecule has 0 radical (unpaired) electrons. The lowest BCUT2D eigenvalue weighted by atomic mass is 9.86. The third kappa shape index (κ3) is 1.46. The molecular weight excluding hydrogens is 194 g/mol. The molecule has 0 amide bonds. The zero-order valence-electron chi connectivity index (χ0n) is 8.50. The van der Waals surface area contributed by atoms with Gasteiger partial charge in [0.25, 0.3) is 0 Å². The standard InChI is InChI=1S/C12H14ClN/c1-8-9(2)14-12(7-13)11-6-4-3-5-10(8)11/h3-6,8-9H,7H2,1-2H3/t8-,9+/m0/s1. The summed E-state index contributed by atoms with van der Waals surface area (Å²) in [6.45, 7) is 4.37. The fourth-order valence-electron chi connectivity index (χ4n) is 1.95. The van der Waals surface area contributed by atoms with E-state index in [2.05, 4.69) is 37.0 Å². The van der Waals surface area contributed by atoms with E-state index in [0.717, 1.165) is 5.71 Å². The molecule has 1 aliphatic heterocycles. The average molecular weight is 208 g/mol. The van der Waals surface area contributed by atoms with E-state index in [9.17, 15) is 0 Å². The van der Waals surface area contributed by atoms with Crippen LogP contribution in [-0.4, -0.2) is 17.6 Å². The van der Waals surface area contributed by atoms with Crippen molar-refractivity contribution in [2.75, 3.05) is 5.88 Å². The van der Waals surface area contributed by atoms with Crippen LogP contribution in [0, 0.1) is 0 Å². The molecule has 0 saturated carbocycles. The van der Waals surface area contributed by atoms with Gasteiger partial charge in [0.15, 0.2) is 0 Å². The lowest BCUT2D eigenvalue weighted by Gasteiger charge is -2.26. The van der Waals surface area contributed by atoms with E-state index < -0.39 is 0 Å². The van der Waals surface area contributed by atoms with Gasteiger partial charge in [-0.05, 0) is 12.5 Å². The van der Waals surface area contributed by atoms with E-state index in [1.54, 1.807) is 0 Å². The number of fused-ring (bicyclic) bond motifs is 1. The van der Waals surface area contributed by atoms with E-state index >= 15 is 0 Å². The summed E-state index contributed by atoms with van der Waals surface area (Å²) >= 11 is 5.89. The highest BCUT2D eigenvalue weighted by molar-refractivity contribution is 6.32. The molecule has 2 atom stereocenters. The average Bonchev–Trinajstić information content (AvgIpc) is 2.23. The lowest BCUT2D eigenvalue weighted by molar-refractivity contribution is 0.605. The van der Waals surface area contributed by atoms with Crippen LogP contribution in [0.2, 0.25) is 0 Å². The third-order valence-electron chi connectivity index (χ3n) is 2.97. The van der Waals surface area contributed by atoms with Crippen molar-refractivity contribution < 1.29 is 0 Å². The van der Waals surface area contributed by atoms with Crippen molar-refractivity contribution in [3.8, 4) is 0 Å². The molecule has 0 bridgehead atoms. The Bertz CT molecular complexity index is 370. The highest BCUT2D eigenvalue weighted by Crippen LogP contribution is 2.30. The van der Waals surface area contributed by atoms with E-state index in [0.29, 0.717) is 17.8 Å². The SMILES string of the molecule is C[C@@H]1c2ccccc2C(CCl)=N[C@@H]1C. The first kappa shape index (κ1) is 9.72. The highest BCUT2D eigenvalue weighted by atomic mass is 35.5. The molecule has 0 N–H and O–H groups in total. The van der Waals surface area contributed by atoms with Crippen LogP contribution < -0.4 is 0 Å². The molecule has 14 heavy (non-hydrogen) atoms. The maximum Gasteiger partial charge on any atom is 0.0649 e. The van der Waals surface area contributed by atoms with Crippen LogP contribution >= 0.6 is 11.6 Å². The van der Waals surface area contributed by atoms with Crippen molar-refractivity contribution in [1.29, 1.82) is 0 Å². The van der Waals surface area contributed by atoms with Gasteiger partial charge in [0.2, 0.25) is 0 Å². The van der Waals surface area contributed by atoms with Crippen LogP contribution in [-0.2, 0) is 0 Å². The summed E-state index contributed by atoms with van der Waals surface area (Å²) in [5.74, 6) is 1.01. The number of hydrogen-bond donors (Lipinski definition) is 0. The molecule has 0 unspecified atom stereocenters. The smallest absolute Gasteiger partial charge is 0.0649 e. The third-order valence-corrected chi connectivity index (χ3v) is 3.23. The Kier molecular flexibility index (Phi) is 2.60. The molecule has 1 heterocycles. The van der Waals surface area contributed by atoms with Gasteiger partial charge < -0.3 is 0 Å². The second-order valence-electron chi connectivity index (χ2n) is 3.83. The maximum absolute atomic E-state index is 5.89. The van der Waals surface area contributed by atoms with Gasteiger partial charge >= 0.3 is 0 Å². The molecular formula is C12H14ClN. The van der Waals surface area contributed by atoms with Gasteiger partial charge in [-0.15, -0.1) is 11.6 Å². The number of benzene rings is 1. The first-order valence-corrected chi connectivity index (χ1v) is 5.49. The van der Waals surface area contributed by atoms with E-state index in [1.807, 2.05) is 6.07 Å². The Morgan fingerprint density at radius 3 is 2.71 bits per heavy atom. The highest BCUT2D eigenvalue weighted by Gasteiger charge is 2.23. The van der Waals surface area contributed by atoms with E-state index in [1.165, 1.54) is 11.1 Å². The first-order valence-electron chi connectivity index (χ1n) is 4.96. The van der Waals surface area contributed by atoms with Crippen LogP contribution in [0.3, 0.4) is 0 Å². The van der Waals surface area contributed by atoms with E-state index in [4.69, 9.17) is 11.6 Å². The normalized spacial score (nSPS) is 25.5.